The smallest absolute Gasteiger partial charge is 0.128 e. The molecule has 1 fully saturated rings. The number of rotatable bonds is 3. The third-order valence-corrected chi connectivity index (χ3v) is 3.86. The van der Waals surface area contributed by atoms with Crippen LogP contribution < -0.4 is 4.90 Å². The van der Waals surface area contributed by atoms with Crippen LogP contribution >= 0.6 is 23.2 Å². The third kappa shape index (κ3) is 2.44. The largest absolute Gasteiger partial charge is 0.357 e. The van der Waals surface area contributed by atoms with Crippen LogP contribution in [0.15, 0.2) is 12.1 Å². The minimum absolute atomic E-state index is 0.366. The van der Waals surface area contributed by atoms with Gasteiger partial charge in [-0.2, -0.15) is 0 Å². The number of aromatic nitrogens is 1. The van der Waals surface area contributed by atoms with Crippen LogP contribution in [0.2, 0.25) is 5.02 Å². The molecule has 2 nitrogen and oxygen atoms in total. The van der Waals surface area contributed by atoms with E-state index in [4.69, 9.17) is 23.2 Å². The predicted molar refractivity (Wildman–Crippen MR) is 69.5 cm³/mol. The molecule has 1 aliphatic carbocycles. The van der Waals surface area contributed by atoms with E-state index in [1.165, 1.54) is 25.7 Å². The average molecular weight is 259 g/mol. The molecule has 1 saturated carbocycles. The number of anilines is 1. The first-order valence-corrected chi connectivity index (χ1v) is 6.58. The Morgan fingerprint density at radius 1 is 1.38 bits per heavy atom. The van der Waals surface area contributed by atoms with Crippen molar-refractivity contribution in [1.29, 1.82) is 0 Å². The number of pyridine rings is 1. The Morgan fingerprint density at radius 2 is 2.06 bits per heavy atom. The molecule has 1 heterocycles. The molecule has 0 N–H and O–H groups in total. The zero-order valence-electron chi connectivity index (χ0n) is 9.42. The fraction of sp³-hybridized carbons (Fsp3) is 0.583. The Balaban J connectivity index is 2.19. The molecule has 0 aliphatic heterocycles. The molecule has 88 valence electrons. The van der Waals surface area contributed by atoms with Crippen LogP contribution in [0.1, 0.15) is 31.4 Å². The molecule has 2 rings (SSSR count). The lowest BCUT2D eigenvalue weighted by Crippen LogP contribution is -2.29. The van der Waals surface area contributed by atoms with Crippen LogP contribution in [0, 0.1) is 0 Å². The lowest BCUT2D eigenvalue weighted by Gasteiger charge is -2.25. The summed E-state index contributed by atoms with van der Waals surface area (Å²) in [4.78, 5) is 6.75. The monoisotopic (exact) mass is 258 g/mol. The lowest BCUT2D eigenvalue weighted by molar-refractivity contribution is 0.645. The maximum atomic E-state index is 6.00. The average Bonchev–Trinajstić information content (AvgIpc) is 2.82. The van der Waals surface area contributed by atoms with Crippen molar-refractivity contribution in [3.05, 3.63) is 22.8 Å². The van der Waals surface area contributed by atoms with Crippen molar-refractivity contribution in [2.24, 2.45) is 0 Å². The third-order valence-electron chi connectivity index (χ3n) is 3.26. The van der Waals surface area contributed by atoms with Crippen LogP contribution in [0.5, 0.6) is 0 Å². The number of hydrogen-bond donors (Lipinski definition) is 0. The van der Waals surface area contributed by atoms with Crippen molar-refractivity contribution < 1.29 is 0 Å². The van der Waals surface area contributed by atoms with Gasteiger partial charge in [0.25, 0.3) is 0 Å². The molecule has 0 atom stereocenters. The summed E-state index contributed by atoms with van der Waals surface area (Å²) in [5, 5.41) is 0.651. The summed E-state index contributed by atoms with van der Waals surface area (Å²) in [6.07, 6.45) is 5.17. The van der Waals surface area contributed by atoms with Crippen LogP contribution in [-0.4, -0.2) is 18.1 Å². The summed E-state index contributed by atoms with van der Waals surface area (Å²) in [5.41, 5.74) is 0.769. The van der Waals surface area contributed by atoms with Crippen LogP contribution in [0.3, 0.4) is 0 Å². The van der Waals surface area contributed by atoms with Crippen molar-refractivity contribution in [2.75, 3.05) is 11.9 Å². The number of alkyl halides is 1. The standard InChI is InChI=1S/C12H16Cl2N2/c1-16(9-4-2-3-5-9)12-7-6-10(14)11(8-13)15-12/h6-7,9H,2-5,8H2,1H3. The minimum Gasteiger partial charge on any atom is -0.357 e. The molecule has 1 aromatic rings. The summed E-state index contributed by atoms with van der Waals surface area (Å²) < 4.78 is 0. The maximum absolute atomic E-state index is 6.00. The van der Waals surface area contributed by atoms with E-state index in [2.05, 4.69) is 16.9 Å². The van der Waals surface area contributed by atoms with Gasteiger partial charge in [-0.15, -0.1) is 11.6 Å². The van der Waals surface area contributed by atoms with Crippen molar-refractivity contribution >= 4 is 29.0 Å². The quantitative estimate of drug-likeness (QED) is 0.766. The fourth-order valence-corrected chi connectivity index (χ4v) is 2.69. The molecule has 0 unspecified atom stereocenters. The molecule has 4 heteroatoms. The Morgan fingerprint density at radius 3 is 2.69 bits per heavy atom. The van der Waals surface area contributed by atoms with Crippen LogP contribution in [-0.2, 0) is 5.88 Å². The molecule has 0 aromatic carbocycles. The van der Waals surface area contributed by atoms with Gasteiger partial charge in [0.1, 0.15) is 5.82 Å². The number of halogens is 2. The lowest BCUT2D eigenvalue weighted by atomic mass is 10.2. The molecule has 1 aromatic heterocycles. The Bertz CT molecular complexity index is 362. The van der Waals surface area contributed by atoms with E-state index in [9.17, 15) is 0 Å². The Labute approximate surface area is 107 Å². The van der Waals surface area contributed by atoms with Gasteiger partial charge in [0.05, 0.1) is 16.6 Å². The molecular formula is C12H16Cl2N2. The molecule has 1 aliphatic rings. The minimum atomic E-state index is 0.366. The summed E-state index contributed by atoms with van der Waals surface area (Å²) in [5.74, 6) is 1.34. The molecular weight excluding hydrogens is 243 g/mol. The summed E-state index contributed by atoms with van der Waals surface area (Å²) in [6, 6.07) is 4.47. The summed E-state index contributed by atoms with van der Waals surface area (Å²) >= 11 is 11.8. The highest BCUT2D eigenvalue weighted by Gasteiger charge is 2.20. The van der Waals surface area contributed by atoms with Gasteiger partial charge >= 0.3 is 0 Å². The zero-order chi connectivity index (χ0) is 11.5. The SMILES string of the molecule is CN(c1ccc(Cl)c(CCl)n1)C1CCCC1. The van der Waals surface area contributed by atoms with Gasteiger partial charge in [-0.05, 0) is 25.0 Å². The van der Waals surface area contributed by atoms with E-state index < -0.39 is 0 Å². The normalized spacial score (nSPS) is 16.7. The van der Waals surface area contributed by atoms with E-state index in [0.717, 1.165) is 11.5 Å². The van der Waals surface area contributed by atoms with Gasteiger partial charge in [0.2, 0.25) is 0 Å². The van der Waals surface area contributed by atoms with Crippen molar-refractivity contribution in [2.45, 2.75) is 37.6 Å². The van der Waals surface area contributed by atoms with Crippen LogP contribution in [0.25, 0.3) is 0 Å². The topological polar surface area (TPSA) is 16.1 Å². The first-order valence-electron chi connectivity index (χ1n) is 5.66. The molecule has 0 amide bonds. The van der Waals surface area contributed by atoms with Crippen molar-refractivity contribution in [1.82, 2.24) is 4.98 Å². The second-order valence-electron chi connectivity index (χ2n) is 4.28. The van der Waals surface area contributed by atoms with Crippen molar-refractivity contribution in [3.63, 3.8) is 0 Å². The fourth-order valence-electron chi connectivity index (χ4n) is 2.24. The highest BCUT2D eigenvalue weighted by atomic mass is 35.5. The molecule has 0 radical (unpaired) electrons. The van der Waals surface area contributed by atoms with Gasteiger partial charge in [-0.1, -0.05) is 24.4 Å². The molecule has 16 heavy (non-hydrogen) atoms. The van der Waals surface area contributed by atoms with Gasteiger partial charge in [-0.25, -0.2) is 4.98 Å². The van der Waals surface area contributed by atoms with Crippen LogP contribution in [0.4, 0.5) is 5.82 Å². The van der Waals surface area contributed by atoms with Gasteiger partial charge < -0.3 is 4.90 Å². The van der Waals surface area contributed by atoms with E-state index in [-0.39, 0.29) is 0 Å². The molecule has 0 saturated heterocycles. The van der Waals surface area contributed by atoms with Gasteiger partial charge in [0.15, 0.2) is 0 Å². The predicted octanol–water partition coefficient (Wildman–Crippen LogP) is 3.85. The molecule has 0 spiro atoms. The highest BCUT2D eigenvalue weighted by Crippen LogP contribution is 2.27. The van der Waals surface area contributed by atoms with E-state index in [1.54, 1.807) is 0 Å². The zero-order valence-corrected chi connectivity index (χ0v) is 10.9. The van der Waals surface area contributed by atoms with Crippen molar-refractivity contribution in [3.8, 4) is 0 Å². The van der Waals surface area contributed by atoms with Gasteiger partial charge in [-0.3, -0.25) is 0 Å². The first-order chi connectivity index (χ1) is 7.72. The highest BCUT2D eigenvalue weighted by molar-refractivity contribution is 6.32. The van der Waals surface area contributed by atoms with Gasteiger partial charge in [0, 0.05) is 13.1 Å². The summed E-state index contributed by atoms with van der Waals surface area (Å²) in [7, 11) is 2.10. The Hall–Kier alpha value is -0.470. The van der Waals surface area contributed by atoms with E-state index in [1.807, 2.05) is 12.1 Å². The maximum Gasteiger partial charge on any atom is 0.128 e. The summed E-state index contributed by atoms with van der Waals surface area (Å²) in [6.45, 7) is 0. The van der Waals surface area contributed by atoms with E-state index in [0.29, 0.717) is 16.9 Å². The second kappa shape index (κ2) is 5.24. The van der Waals surface area contributed by atoms with E-state index >= 15 is 0 Å². The first kappa shape index (κ1) is 12.0. The second-order valence-corrected chi connectivity index (χ2v) is 4.96. The molecule has 0 bridgehead atoms. The Kier molecular flexibility index (Phi) is 3.93. The number of nitrogens with zero attached hydrogens (tertiary/aromatic N) is 2. The number of hydrogen-bond acceptors (Lipinski definition) is 2.